The number of hydrogen-bond acceptors (Lipinski definition) is 4. The van der Waals surface area contributed by atoms with Gasteiger partial charge in [0.25, 0.3) is 5.91 Å². The predicted molar refractivity (Wildman–Crippen MR) is 80.0 cm³/mol. The fraction of sp³-hybridized carbons (Fsp3) is 0.467. The molecule has 0 aliphatic carbocycles. The summed E-state index contributed by atoms with van der Waals surface area (Å²) in [5.41, 5.74) is 3.34. The van der Waals surface area contributed by atoms with Gasteiger partial charge < -0.3 is 10.2 Å². The zero-order valence-electron chi connectivity index (χ0n) is 11.2. The molecule has 4 nitrogen and oxygen atoms in total. The number of nitrogens with zero attached hydrogens (tertiary/aromatic N) is 2. The number of rotatable bonds is 2. The molecule has 3 aliphatic heterocycles. The summed E-state index contributed by atoms with van der Waals surface area (Å²) in [6.45, 7) is 3.39. The molecule has 3 aliphatic rings. The van der Waals surface area contributed by atoms with E-state index in [1.807, 2.05) is 18.2 Å². The molecule has 1 amide bonds. The van der Waals surface area contributed by atoms with Gasteiger partial charge in [0, 0.05) is 12.6 Å². The third kappa shape index (κ3) is 2.01. The second-order valence-corrected chi connectivity index (χ2v) is 6.61. The van der Waals surface area contributed by atoms with Crippen molar-refractivity contribution in [3.05, 3.63) is 29.3 Å². The molecule has 4 heterocycles. The fourth-order valence-corrected chi connectivity index (χ4v) is 4.15. The SMILES string of the molecule is O=C(N[C@H]1CN2CCC1CC2)c1cccc2scnc12. The number of para-hydroxylation sites is 1. The van der Waals surface area contributed by atoms with Crippen LogP contribution in [0, 0.1) is 5.92 Å². The number of benzene rings is 1. The lowest BCUT2D eigenvalue weighted by Gasteiger charge is -2.44. The maximum atomic E-state index is 12.5. The van der Waals surface area contributed by atoms with Crippen molar-refractivity contribution >= 4 is 27.5 Å². The lowest BCUT2D eigenvalue weighted by molar-refractivity contribution is 0.0621. The average molecular weight is 287 g/mol. The highest BCUT2D eigenvalue weighted by Gasteiger charge is 2.35. The van der Waals surface area contributed by atoms with Gasteiger partial charge in [0.05, 0.1) is 21.3 Å². The molecule has 0 unspecified atom stereocenters. The Kier molecular flexibility index (Phi) is 2.97. The van der Waals surface area contributed by atoms with Crippen molar-refractivity contribution < 1.29 is 4.79 Å². The number of carbonyl (C=O) groups is 1. The molecule has 1 aromatic carbocycles. The Morgan fingerprint density at radius 1 is 1.35 bits per heavy atom. The summed E-state index contributed by atoms with van der Waals surface area (Å²) in [6, 6.07) is 6.13. The maximum Gasteiger partial charge on any atom is 0.253 e. The molecule has 1 aromatic heterocycles. The number of hydrogen-bond donors (Lipinski definition) is 1. The Morgan fingerprint density at radius 3 is 2.95 bits per heavy atom. The van der Waals surface area contributed by atoms with E-state index in [4.69, 9.17) is 0 Å². The van der Waals surface area contributed by atoms with E-state index in [0.29, 0.717) is 17.5 Å². The van der Waals surface area contributed by atoms with Gasteiger partial charge >= 0.3 is 0 Å². The molecule has 1 atom stereocenters. The maximum absolute atomic E-state index is 12.5. The summed E-state index contributed by atoms with van der Waals surface area (Å²) >= 11 is 1.58. The van der Waals surface area contributed by atoms with Crippen molar-refractivity contribution in [2.75, 3.05) is 19.6 Å². The molecule has 5 rings (SSSR count). The second-order valence-electron chi connectivity index (χ2n) is 5.72. The fourth-order valence-electron chi connectivity index (χ4n) is 3.44. The van der Waals surface area contributed by atoms with Crippen LogP contribution in [-0.2, 0) is 0 Å². The Morgan fingerprint density at radius 2 is 2.20 bits per heavy atom. The zero-order valence-corrected chi connectivity index (χ0v) is 12.0. The van der Waals surface area contributed by atoms with Gasteiger partial charge in [-0.25, -0.2) is 4.98 Å². The molecule has 0 spiro atoms. The van der Waals surface area contributed by atoms with E-state index in [9.17, 15) is 4.79 Å². The van der Waals surface area contributed by atoms with Gasteiger partial charge in [-0.15, -0.1) is 11.3 Å². The van der Waals surface area contributed by atoms with Crippen LogP contribution >= 0.6 is 11.3 Å². The smallest absolute Gasteiger partial charge is 0.253 e. The van der Waals surface area contributed by atoms with Gasteiger partial charge in [0.1, 0.15) is 0 Å². The lowest BCUT2D eigenvalue weighted by Crippen LogP contribution is -2.57. The third-order valence-electron chi connectivity index (χ3n) is 4.58. The van der Waals surface area contributed by atoms with Crippen molar-refractivity contribution in [3.8, 4) is 0 Å². The summed E-state index contributed by atoms with van der Waals surface area (Å²) in [5, 5.41) is 3.23. The standard InChI is InChI=1S/C15H17N3OS/c19-15(11-2-1-3-13-14(11)16-9-20-13)17-12-8-18-6-4-10(12)5-7-18/h1-3,9-10,12H,4-8H2,(H,17,19)/t12-/m0/s1. The van der Waals surface area contributed by atoms with Gasteiger partial charge in [-0.05, 0) is 44.0 Å². The van der Waals surface area contributed by atoms with E-state index in [1.165, 1.54) is 25.9 Å². The number of fused-ring (bicyclic) bond motifs is 4. The van der Waals surface area contributed by atoms with Crippen LogP contribution in [-0.4, -0.2) is 41.5 Å². The number of nitrogens with one attached hydrogen (secondary N) is 1. The largest absolute Gasteiger partial charge is 0.348 e. The minimum absolute atomic E-state index is 0.0280. The number of carbonyl (C=O) groups excluding carboxylic acids is 1. The van der Waals surface area contributed by atoms with E-state index in [0.717, 1.165) is 16.8 Å². The summed E-state index contributed by atoms with van der Waals surface area (Å²) < 4.78 is 1.08. The quantitative estimate of drug-likeness (QED) is 0.920. The summed E-state index contributed by atoms with van der Waals surface area (Å²) in [7, 11) is 0. The number of piperidine rings is 3. The third-order valence-corrected chi connectivity index (χ3v) is 5.37. The Hall–Kier alpha value is -1.46. The van der Waals surface area contributed by atoms with Gasteiger partial charge in [-0.3, -0.25) is 4.79 Å². The first-order valence-corrected chi connectivity index (χ1v) is 8.04. The summed E-state index contributed by atoms with van der Waals surface area (Å²) in [4.78, 5) is 19.3. The molecule has 3 saturated heterocycles. The van der Waals surface area contributed by atoms with Crippen LogP contribution in [0.1, 0.15) is 23.2 Å². The molecule has 3 fully saturated rings. The first-order valence-electron chi connectivity index (χ1n) is 7.17. The van der Waals surface area contributed by atoms with Crippen LogP contribution in [0.15, 0.2) is 23.7 Å². The monoisotopic (exact) mass is 287 g/mol. The molecule has 5 heteroatoms. The Labute approximate surface area is 121 Å². The Balaban J connectivity index is 1.57. The molecule has 0 radical (unpaired) electrons. The van der Waals surface area contributed by atoms with Crippen LogP contribution in [0.3, 0.4) is 0 Å². The number of thiazole rings is 1. The highest BCUT2D eigenvalue weighted by atomic mass is 32.1. The molecular formula is C15H17N3OS. The van der Waals surface area contributed by atoms with Gasteiger partial charge in [0.2, 0.25) is 0 Å². The van der Waals surface area contributed by atoms with Crippen LogP contribution in [0.5, 0.6) is 0 Å². The molecule has 1 N–H and O–H groups in total. The topological polar surface area (TPSA) is 45.2 Å². The van der Waals surface area contributed by atoms with Gasteiger partial charge in [0.15, 0.2) is 0 Å². The highest BCUT2D eigenvalue weighted by molar-refractivity contribution is 7.16. The predicted octanol–water partition coefficient (Wildman–Crippen LogP) is 2.12. The highest BCUT2D eigenvalue weighted by Crippen LogP contribution is 2.28. The van der Waals surface area contributed by atoms with E-state index >= 15 is 0 Å². The molecule has 2 bridgehead atoms. The van der Waals surface area contributed by atoms with Crippen LogP contribution in [0.25, 0.3) is 10.2 Å². The average Bonchev–Trinajstić information content (AvgIpc) is 2.96. The Bertz CT molecular complexity index is 645. The van der Waals surface area contributed by atoms with Crippen LogP contribution in [0.2, 0.25) is 0 Å². The summed E-state index contributed by atoms with van der Waals surface area (Å²) in [6.07, 6.45) is 2.43. The van der Waals surface area contributed by atoms with Gasteiger partial charge in [-0.2, -0.15) is 0 Å². The van der Waals surface area contributed by atoms with Crippen molar-refractivity contribution in [2.24, 2.45) is 5.92 Å². The molecule has 20 heavy (non-hydrogen) atoms. The van der Waals surface area contributed by atoms with Crippen molar-refractivity contribution in [1.82, 2.24) is 15.2 Å². The lowest BCUT2D eigenvalue weighted by atomic mass is 9.84. The molecule has 2 aromatic rings. The van der Waals surface area contributed by atoms with Crippen molar-refractivity contribution in [1.29, 1.82) is 0 Å². The van der Waals surface area contributed by atoms with Crippen LogP contribution in [0.4, 0.5) is 0 Å². The van der Waals surface area contributed by atoms with E-state index in [2.05, 4.69) is 15.2 Å². The minimum Gasteiger partial charge on any atom is -0.348 e. The number of amides is 1. The first kappa shape index (κ1) is 12.3. The van der Waals surface area contributed by atoms with Gasteiger partial charge in [-0.1, -0.05) is 6.07 Å². The number of aromatic nitrogens is 1. The normalized spacial score (nSPS) is 28.7. The van der Waals surface area contributed by atoms with E-state index < -0.39 is 0 Å². The van der Waals surface area contributed by atoms with Crippen LogP contribution < -0.4 is 5.32 Å². The second kappa shape index (κ2) is 4.82. The molecule has 0 saturated carbocycles. The minimum atomic E-state index is 0.0280. The van der Waals surface area contributed by atoms with E-state index in [-0.39, 0.29) is 5.91 Å². The molecular weight excluding hydrogens is 270 g/mol. The summed E-state index contributed by atoms with van der Waals surface area (Å²) in [5.74, 6) is 0.679. The van der Waals surface area contributed by atoms with Crippen molar-refractivity contribution in [2.45, 2.75) is 18.9 Å². The first-order chi connectivity index (χ1) is 9.81. The molecule has 104 valence electrons. The van der Waals surface area contributed by atoms with Crippen molar-refractivity contribution in [3.63, 3.8) is 0 Å². The van der Waals surface area contributed by atoms with E-state index in [1.54, 1.807) is 16.8 Å². The zero-order chi connectivity index (χ0) is 13.5.